The van der Waals surface area contributed by atoms with Crippen molar-refractivity contribution in [2.45, 2.75) is 18.2 Å². The Morgan fingerprint density at radius 2 is 2.25 bits per heavy atom. The standard InChI is InChI=1S/C10H18N2O3S/c1-9(4-6-13)7-11-16(14,15)10-3-5-12(2)8-10/h3,5,8-9,11,13H,4,6-7H2,1-2H3. The van der Waals surface area contributed by atoms with Crippen LogP contribution in [0, 0.1) is 5.92 Å². The number of rotatable bonds is 6. The van der Waals surface area contributed by atoms with Crippen molar-refractivity contribution in [1.82, 2.24) is 9.29 Å². The lowest BCUT2D eigenvalue weighted by Crippen LogP contribution is -2.28. The fourth-order valence-corrected chi connectivity index (χ4v) is 2.51. The van der Waals surface area contributed by atoms with Gasteiger partial charge in [-0.15, -0.1) is 0 Å². The summed E-state index contributed by atoms with van der Waals surface area (Å²) in [6.45, 7) is 2.32. The Hall–Kier alpha value is -0.850. The normalized spacial score (nSPS) is 13.9. The number of aryl methyl sites for hydroxylation is 1. The summed E-state index contributed by atoms with van der Waals surface area (Å²) in [5.41, 5.74) is 0. The number of aliphatic hydroxyl groups excluding tert-OH is 1. The van der Waals surface area contributed by atoms with E-state index in [9.17, 15) is 8.42 Å². The van der Waals surface area contributed by atoms with E-state index in [0.717, 1.165) is 0 Å². The first-order valence-electron chi connectivity index (χ1n) is 5.18. The van der Waals surface area contributed by atoms with E-state index in [4.69, 9.17) is 5.11 Å². The topological polar surface area (TPSA) is 71.3 Å². The molecule has 1 heterocycles. The third-order valence-electron chi connectivity index (χ3n) is 2.36. The molecule has 0 saturated heterocycles. The van der Waals surface area contributed by atoms with Crippen LogP contribution in [-0.4, -0.2) is 31.2 Å². The average Bonchev–Trinajstić information content (AvgIpc) is 2.63. The highest BCUT2D eigenvalue weighted by Gasteiger charge is 2.15. The van der Waals surface area contributed by atoms with Gasteiger partial charge in [-0.05, 0) is 18.4 Å². The second-order valence-corrected chi connectivity index (χ2v) is 5.75. The van der Waals surface area contributed by atoms with E-state index in [0.29, 0.717) is 13.0 Å². The van der Waals surface area contributed by atoms with Crippen molar-refractivity contribution >= 4 is 10.0 Å². The molecular weight excluding hydrogens is 228 g/mol. The summed E-state index contributed by atoms with van der Waals surface area (Å²) < 4.78 is 27.7. The van der Waals surface area contributed by atoms with Crippen LogP contribution in [0.1, 0.15) is 13.3 Å². The average molecular weight is 246 g/mol. The molecule has 16 heavy (non-hydrogen) atoms. The lowest BCUT2D eigenvalue weighted by molar-refractivity contribution is 0.263. The molecule has 0 amide bonds. The van der Waals surface area contributed by atoms with Gasteiger partial charge in [0, 0.05) is 32.6 Å². The van der Waals surface area contributed by atoms with E-state index in [1.54, 1.807) is 30.1 Å². The number of aromatic nitrogens is 1. The molecule has 0 fully saturated rings. The lowest BCUT2D eigenvalue weighted by Gasteiger charge is -2.10. The maximum atomic E-state index is 11.8. The van der Waals surface area contributed by atoms with Gasteiger partial charge < -0.3 is 9.67 Å². The molecule has 1 rings (SSSR count). The minimum atomic E-state index is -3.41. The quantitative estimate of drug-likeness (QED) is 0.759. The Morgan fingerprint density at radius 1 is 1.56 bits per heavy atom. The molecule has 0 aliphatic rings. The molecule has 0 saturated carbocycles. The number of aliphatic hydroxyl groups is 1. The highest BCUT2D eigenvalue weighted by Crippen LogP contribution is 2.09. The Labute approximate surface area is 96.1 Å². The van der Waals surface area contributed by atoms with Gasteiger partial charge >= 0.3 is 0 Å². The predicted molar refractivity (Wildman–Crippen MR) is 61.5 cm³/mol. The van der Waals surface area contributed by atoms with Crippen molar-refractivity contribution in [3.63, 3.8) is 0 Å². The van der Waals surface area contributed by atoms with Gasteiger partial charge in [0.15, 0.2) is 0 Å². The maximum absolute atomic E-state index is 11.8. The smallest absolute Gasteiger partial charge is 0.242 e. The Bertz CT molecular complexity index is 425. The molecule has 0 bridgehead atoms. The maximum Gasteiger partial charge on any atom is 0.242 e. The third kappa shape index (κ3) is 3.62. The summed E-state index contributed by atoms with van der Waals surface area (Å²) in [5.74, 6) is 0.128. The van der Waals surface area contributed by atoms with Crippen molar-refractivity contribution in [1.29, 1.82) is 0 Å². The van der Waals surface area contributed by atoms with Crippen LogP contribution in [0.4, 0.5) is 0 Å². The summed E-state index contributed by atoms with van der Waals surface area (Å²) in [5, 5.41) is 8.71. The van der Waals surface area contributed by atoms with Gasteiger partial charge in [0.05, 0.1) is 4.90 Å². The molecule has 1 aromatic heterocycles. The van der Waals surface area contributed by atoms with Gasteiger partial charge in [-0.25, -0.2) is 13.1 Å². The van der Waals surface area contributed by atoms with Crippen molar-refractivity contribution < 1.29 is 13.5 Å². The zero-order valence-corrected chi connectivity index (χ0v) is 10.4. The second-order valence-electron chi connectivity index (χ2n) is 3.98. The fourth-order valence-electron chi connectivity index (χ4n) is 1.29. The molecule has 5 nitrogen and oxygen atoms in total. The Morgan fingerprint density at radius 3 is 2.75 bits per heavy atom. The van der Waals surface area contributed by atoms with E-state index in [2.05, 4.69) is 4.72 Å². The minimum Gasteiger partial charge on any atom is -0.396 e. The monoisotopic (exact) mass is 246 g/mol. The minimum absolute atomic E-state index is 0.0776. The van der Waals surface area contributed by atoms with Crippen molar-refractivity contribution in [3.05, 3.63) is 18.5 Å². The zero-order chi connectivity index (χ0) is 12.2. The molecule has 1 aromatic rings. The Balaban J connectivity index is 2.59. The number of hydrogen-bond donors (Lipinski definition) is 2. The molecule has 1 atom stereocenters. The van der Waals surface area contributed by atoms with Crippen LogP contribution in [-0.2, 0) is 17.1 Å². The van der Waals surface area contributed by atoms with E-state index < -0.39 is 10.0 Å². The highest BCUT2D eigenvalue weighted by molar-refractivity contribution is 7.89. The zero-order valence-electron chi connectivity index (χ0n) is 9.55. The van der Waals surface area contributed by atoms with Gasteiger partial charge in [0.25, 0.3) is 0 Å². The van der Waals surface area contributed by atoms with Crippen LogP contribution in [0.3, 0.4) is 0 Å². The van der Waals surface area contributed by atoms with Crippen molar-refractivity contribution in [2.75, 3.05) is 13.2 Å². The van der Waals surface area contributed by atoms with E-state index in [1.807, 2.05) is 6.92 Å². The van der Waals surface area contributed by atoms with E-state index in [1.165, 1.54) is 0 Å². The fraction of sp³-hybridized carbons (Fsp3) is 0.600. The molecule has 0 spiro atoms. The van der Waals surface area contributed by atoms with Crippen LogP contribution < -0.4 is 4.72 Å². The molecule has 1 unspecified atom stereocenters. The van der Waals surface area contributed by atoms with E-state index >= 15 is 0 Å². The summed E-state index contributed by atoms with van der Waals surface area (Å²) in [6.07, 6.45) is 3.84. The van der Waals surface area contributed by atoms with Crippen LogP contribution in [0.15, 0.2) is 23.4 Å². The molecule has 0 aliphatic carbocycles. The van der Waals surface area contributed by atoms with Gasteiger partial charge in [-0.1, -0.05) is 6.92 Å². The van der Waals surface area contributed by atoms with E-state index in [-0.39, 0.29) is 17.4 Å². The molecule has 0 radical (unpaired) electrons. The van der Waals surface area contributed by atoms with Gasteiger partial charge in [-0.3, -0.25) is 0 Å². The molecule has 0 aliphatic heterocycles. The second kappa shape index (κ2) is 5.47. The summed E-state index contributed by atoms with van der Waals surface area (Å²) in [6, 6.07) is 1.55. The predicted octanol–water partition coefficient (Wildman–Crippen LogP) is 0.322. The molecular formula is C10H18N2O3S. The molecule has 2 N–H and O–H groups in total. The van der Waals surface area contributed by atoms with Crippen LogP contribution in [0.2, 0.25) is 0 Å². The van der Waals surface area contributed by atoms with Gasteiger partial charge in [0.1, 0.15) is 0 Å². The number of sulfonamides is 1. The Kier molecular flexibility index (Phi) is 4.52. The third-order valence-corrected chi connectivity index (χ3v) is 3.77. The summed E-state index contributed by atoms with van der Waals surface area (Å²) >= 11 is 0. The summed E-state index contributed by atoms with van der Waals surface area (Å²) in [4.78, 5) is 0.270. The van der Waals surface area contributed by atoms with Crippen LogP contribution in [0.5, 0.6) is 0 Å². The van der Waals surface area contributed by atoms with Crippen molar-refractivity contribution in [2.24, 2.45) is 13.0 Å². The number of nitrogens with zero attached hydrogens (tertiary/aromatic N) is 1. The molecule has 92 valence electrons. The van der Waals surface area contributed by atoms with Gasteiger partial charge in [-0.2, -0.15) is 0 Å². The van der Waals surface area contributed by atoms with Crippen LogP contribution in [0.25, 0.3) is 0 Å². The highest BCUT2D eigenvalue weighted by atomic mass is 32.2. The first kappa shape index (κ1) is 13.2. The molecule has 6 heteroatoms. The molecule has 0 aromatic carbocycles. The number of hydrogen-bond acceptors (Lipinski definition) is 3. The largest absolute Gasteiger partial charge is 0.396 e. The summed E-state index contributed by atoms with van der Waals surface area (Å²) in [7, 11) is -1.63. The lowest BCUT2D eigenvalue weighted by atomic mass is 10.1. The first-order valence-corrected chi connectivity index (χ1v) is 6.66. The SMILES string of the molecule is CC(CCO)CNS(=O)(=O)c1ccn(C)c1. The van der Waals surface area contributed by atoms with Crippen LogP contribution >= 0.6 is 0 Å². The number of nitrogens with one attached hydrogen (secondary N) is 1. The van der Waals surface area contributed by atoms with Crippen molar-refractivity contribution in [3.8, 4) is 0 Å². The first-order chi connectivity index (χ1) is 7.45. The van der Waals surface area contributed by atoms with Gasteiger partial charge in [0.2, 0.25) is 10.0 Å².